The molecule has 0 radical (unpaired) electrons. The SMILES string of the molecule is CCC(C)(NC(=O)NCC1CCCC(C)C1)C(=O)O. The largest absolute Gasteiger partial charge is 0.480 e. The molecular formula is C14H26N2O3. The van der Waals surface area contributed by atoms with Crippen LogP contribution < -0.4 is 10.6 Å². The number of carboxylic acids is 1. The van der Waals surface area contributed by atoms with E-state index in [1.54, 1.807) is 6.92 Å². The molecule has 0 aromatic rings. The fourth-order valence-electron chi connectivity index (χ4n) is 2.57. The fraction of sp³-hybridized carbons (Fsp3) is 0.857. The van der Waals surface area contributed by atoms with Gasteiger partial charge in [0.05, 0.1) is 0 Å². The first-order chi connectivity index (χ1) is 8.87. The highest BCUT2D eigenvalue weighted by atomic mass is 16.4. The highest BCUT2D eigenvalue weighted by molar-refractivity contribution is 5.85. The average molecular weight is 270 g/mol. The molecule has 110 valence electrons. The highest BCUT2D eigenvalue weighted by Gasteiger charge is 2.32. The number of carbonyl (C=O) groups excluding carboxylic acids is 1. The van der Waals surface area contributed by atoms with Crippen LogP contribution in [-0.2, 0) is 4.79 Å². The molecule has 1 aliphatic carbocycles. The fourth-order valence-corrected chi connectivity index (χ4v) is 2.57. The molecule has 3 atom stereocenters. The minimum atomic E-state index is -1.19. The Labute approximate surface area is 115 Å². The summed E-state index contributed by atoms with van der Waals surface area (Å²) in [4.78, 5) is 22.9. The Morgan fingerprint density at radius 2 is 2.05 bits per heavy atom. The molecule has 3 N–H and O–H groups in total. The number of carboxylic acid groups (broad SMARTS) is 1. The Morgan fingerprint density at radius 3 is 2.58 bits per heavy atom. The summed E-state index contributed by atoms with van der Waals surface area (Å²) in [6.07, 6.45) is 5.14. The van der Waals surface area contributed by atoms with E-state index < -0.39 is 11.5 Å². The predicted octanol–water partition coefficient (Wildman–Crippen LogP) is 2.37. The third-order valence-electron chi connectivity index (χ3n) is 4.16. The van der Waals surface area contributed by atoms with Gasteiger partial charge in [-0.15, -0.1) is 0 Å². The van der Waals surface area contributed by atoms with E-state index in [4.69, 9.17) is 5.11 Å². The van der Waals surface area contributed by atoms with Crippen LogP contribution in [0.2, 0.25) is 0 Å². The lowest BCUT2D eigenvalue weighted by Crippen LogP contribution is -2.55. The molecule has 0 aliphatic heterocycles. The molecule has 1 saturated carbocycles. The van der Waals surface area contributed by atoms with E-state index in [0.29, 0.717) is 18.9 Å². The van der Waals surface area contributed by atoms with Crippen molar-refractivity contribution in [3.8, 4) is 0 Å². The van der Waals surface area contributed by atoms with Crippen molar-refractivity contribution in [1.29, 1.82) is 0 Å². The van der Waals surface area contributed by atoms with Crippen LogP contribution in [0.15, 0.2) is 0 Å². The van der Waals surface area contributed by atoms with Gasteiger partial charge in [0.2, 0.25) is 0 Å². The van der Waals surface area contributed by atoms with Gasteiger partial charge in [0.25, 0.3) is 0 Å². The molecule has 0 saturated heterocycles. The summed E-state index contributed by atoms with van der Waals surface area (Å²) in [6.45, 7) is 6.15. The number of urea groups is 1. The third-order valence-corrected chi connectivity index (χ3v) is 4.16. The molecule has 2 amide bonds. The van der Waals surface area contributed by atoms with Crippen LogP contribution in [0.25, 0.3) is 0 Å². The standard InChI is InChI=1S/C14H26N2O3/c1-4-14(3,12(17)18)16-13(19)15-9-11-7-5-6-10(2)8-11/h10-11H,4-9H2,1-3H3,(H,17,18)(H2,15,16,19). The van der Waals surface area contributed by atoms with Crippen LogP contribution in [0.1, 0.15) is 52.9 Å². The van der Waals surface area contributed by atoms with Gasteiger partial charge < -0.3 is 15.7 Å². The van der Waals surface area contributed by atoms with Crippen molar-refractivity contribution in [2.45, 2.75) is 58.4 Å². The lowest BCUT2D eigenvalue weighted by Gasteiger charge is -2.28. The molecule has 5 heteroatoms. The number of carbonyl (C=O) groups is 2. The Morgan fingerprint density at radius 1 is 1.37 bits per heavy atom. The zero-order valence-electron chi connectivity index (χ0n) is 12.2. The Bertz CT molecular complexity index is 333. The number of nitrogens with one attached hydrogen (secondary N) is 2. The van der Waals surface area contributed by atoms with Crippen molar-refractivity contribution in [1.82, 2.24) is 10.6 Å². The summed E-state index contributed by atoms with van der Waals surface area (Å²) in [5.41, 5.74) is -1.19. The van der Waals surface area contributed by atoms with Gasteiger partial charge in [-0.25, -0.2) is 9.59 Å². The van der Waals surface area contributed by atoms with E-state index >= 15 is 0 Å². The van der Waals surface area contributed by atoms with Crippen LogP contribution in [0, 0.1) is 11.8 Å². The molecule has 0 bridgehead atoms. The molecule has 3 unspecified atom stereocenters. The van der Waals surface area contributed by atoms with Gasteiger partial charge in [0.15, 0.2) is 0 Å². The summed E-state index contributed by atoms with van der Waals surface area (Å²) in [6, 6.07) is -0.384. The quantitative estimate of drug-likeness (QED) is 0.717. The van der Waals surface area contributed by atoms with E-state index in [1.807, 2.05) is 0 Å². The Balaban J connectivity index is 2.37. The molecule has 0 aromatic carbocycles. The van der Waals surface area contributed by atoms with Crippen molar-refractivity contribution in [3.05, 3.63) is 0 Å². The van der Waals surface area contributed by atoms with Crippen LogP contribution in [0.4, 0.5) is 4.79 Å². The van der Waals surface area contributed by atoms with Gasteiger partial charge in [-0.3, -0.25) is 0 Å². The van der Waals surface area contributed by atoms with Gasteiger partial charge in [-0.2, -0.15) is 0 Å². The van der Waals surface area contributed by atoms with Crippen molar-refractivity contribution < 1.29 is 14.7 Å². The molecule has 5 nitrogen and oxygen atoms in total. The molecule has 0 heterocycles. The molecule has 1 rings (SSSR count). The monoisotopic (exact) mass is 270 g/mol. The predicted molar refractivity (Wildman–Crippen MR) is 74.0 cm³/mol. The van der Waals surface area contributed by atoms with Crippen molar-refractivity contribution in [2.24, 2.45) is 11.8 Å². The van der Waals surface area contributed by atoms with Crippen molar-refractivity contribution in [2.75, 3.05) is 6.54 Å². The lowest BCUT2D eigenvalue weighted by molar-refractivity contribution is -0.143. The van der Waals surface area contributed by atoms with Crippen LogP contribution in [0.5, 0.6) is 0 Å². The molecule has 1 fully saturated rings. The van der Waals surface area contributed by atoms with Crippen LogP contribution in [-0.4, -0.2) is 29.2 Å². The summed E-state index contributed by atoms with van der Waals surface area (Å²) < 4.78 is 0. The summed E-state index contributed by atoms with van der Waals surface area (Å²) in [5, 5.41) is 14.4. The van der Waals surface area contributed by atoms with Crippen LogP contribution >= 0.6 is 0 Å². The first-order valence-electron chi connectivity index (χ1n) is 7.16. The summed E-state index contributed by atoms with van der Waals surface area (Å²) in [7, 11) is 0. The Hall–Kier alpha value is -1.26. The molecule has 0 spiro atoms. The molecule has 1 aliphatic rings. The third kappa shape index (κ3) is 4.73. The summed E-state index contributed by atoms with van der Waals surface area (Å²) >= 11 is 0. The lowest BCUT2D eigenvalue weighted by atomic mass is 9.82. The molecular weight excluding hydrogens is 244 g/mol. The van der Waals surface area contributed by atoms with Gasteiger partial charge in [0, 0.05) is 6.54 Å². The van der Waals surface area contributed by atoms with E-state index in [9.17, 15) is 9.59 Å². The maximum atomic E-state index is 11.8. The number of aliphatic carboxylic acids is 1. The maximum absolute atomic E-state index is 11.8. The van der Waals surface area contributed by atoms with Gasteiger partial charge in [-0.05, 0) is 38.0 Å². The molecule has 0 aromatic heterocycles. The number of hydrogen-bond acceptors (Lipinski definition) is 2. The van der Waals surface area contributed by atoms with E-state index in [-0.39, 0.29) is 6.03 Å². The zero-order chi connectivity index (χ0) is 14.5. The highest BCUT2D eigenvalue weighted by Crippen LogP contribution is 2.27. The number of hydrogen-bond donors (Lipinski definition) is 3. The van der Waals surface area contributed by atoms with Crippen molar-refractivity contribution >= 4 is 12.0 Å². The second kappa shape index (κ2) is 6.78. The first-order valence-corrected chi connectivity index (χ1v) is 7.16. The summed E-state index contributed by atoms with van der Waals surface area (Å²) in [5.74, 6) is 0.243. The van der Waals surface area contributed by atoms with Gasteiger partial charge in [-0.1, -0.05) is 26.7 Å². The maximum Gasteiger partial charge on any atom is 0.329 e. The zero-order valence-corrected chi connectivity index (χ0v) is 12.2. The minimum Gasteiger partial charge on any atom is -0.480 e. The molecule has 19 heavy (non-hydrogen) atoms. The first kappa shape index (κ1) is 15.8. The van der Waals surface area contributed by atoms with Crippen LogP contribution in [0.3, 0.4) is 0 Å². The minimum absolute atomic E-state index is 0.357. The van der Waals surface area contributed by atoms with Gasteiger partial charge >= 0.3 is 12.0 Å². The Kier molecular flexibility index (Phi) is 5.63. The van der Waals surface area contributed by atoms with E-state index in [1.165, 1.54) is 19.8 Å². The normalized spacial score (nSPS) is 26.3. The smallest absolute Gasteiger partial charge is 0.329 e. The average Bonchev–Trinajstić information content (AvgIpc) is 2.36. The van der Waals surface area contributed by atoms with E-state index in [2.05, 4.69) is 17.6 Å². The van der Waals surface area contributed by atoms with Gasteiger partial charge in [0.1, 0.15) is 5.54 Å². The second-order valence-corrected chi connectivity index (χ2v) is 5.96. The topological polar surface area (TPSA) is 78.4 Å². The second-order valence-electron chi connectivity index (χ2n) is 5.96. The van der Waals surface area contributed by atoms with Crippen molar-refractivity contribution in [3.63, 3.8) is 0 Å². The number of rotatable bonds is 5. The van der Waals surface area contributed by atoms with E-state index in [0.717, 1.165) is 18.8 Å². The number of amides is 2.